The Bertz CT molecular complexity index is 673. The predicted octanol–water partition coefficient (Wildman–Crippen LogP) is 2.99. The van der Waals surface area contributed by atoms with Crippen molar-refractivity contribution in [1.29, 1.82) is 0 Å². The van der Waals surface area contributed by atoms with Gasteiger partial charge in [0, 0.05) is 36.6 Å². The summed E-state index contributed by atoms with van der Waals surface area (Å²) in [5.74, 6) is -0.193. The molecule has 1 amide bonds. The van der Waals surface area contributed by atoms with Crippen molar-refractivity contribution in [2.75, 3.05) is 18.2 Å². The molecule has 1 heterocycles. The average molecular weight is 303 g/mol. The van der Waals surface area contributed by atoms with Gasteiger partial charge in [-0.15, -0.1) is 11.8 Å². The third kappa shape index (κ3) is 3.38. The molecule has 1 aromatic heterocycles. The summed E-state index contributed by atoms with van der Waals surface area (Å²) in [6, 6.07) is 9.20. The van der Waals surface area contributed by atoms with Gasteiger partial charge in [-0.3, -0.25) is 14.9 Å². The Hall–Kier alpha value is -2.41. The number of anilines is 1. The number of aromatic nitrogens is 1. The van der Waals surface area contributed by atoms with E-state index in [0.717, 1.165) is 5.03 Å². The van der Waals surface area contributed by atoms with Gasteiger partial charge in [0.2, 0.25) is 0 Å². The zero-order chi connectivity index (χ0) is 15.4. The van der Waals surface area contributed by atoms with Gasteiger partial charge in [0.15, 0.2) is 0 Å². The van der Waals surface area contributed by atoms with Crippen LogP contribution in [0.2, 0.25) is 0 Å². The molecule has 108 valence electrons. The van der Waals surface area contributed by atoms with Gasteiger partial charge in [0.1, 0.15) is 0 Å². The number of amides is 1. The van der Waals surface area contributed by atoms with E-state index in [1.54, 1.807) is 37.5 Å². The quantitative estimate of drug-likeness (QED) is 0.493. The van der Waals surface area contributed by atoms with Crippen molar-refractivity contribution < 1.29 is 9.72 Å². The Morgan fingerprint density at radius 3 is 2.52 bits per heavy atom. The SMILES string of the molecule is CSc1cc(C(=O)N(C)c2ccc([N+](=O)[O-])cc2)ccn1. The lowest BCUT2D eigenvalue weighted by molar-refractivity contribution is -0.384. The Balaban J connectivity index is 2.23. The molecule has 21 heavy (non-hydrogen) atoms. The first kappa shape index (κ1) is 15.0. The monoisotopic (exact) mass is 303 g/mol. The third-order valence-corrected chi connectivity index (χ3v) is 3.58. The smallest absolute Gasteiger partial charge is 0.269 e. The van der Waals surface area contributed by atoms with E-state index in [-0.39, 0.29) is 11.6 Å². The van der Waals surface area contributed by atoms with Gasteiger partial charge >= 0.3 is 0 Å². The molecule has 0 aliphatic rings. The molecule has 0 spiro atoms. The number of nitro benzene ring substituents is 1. The molecule has 0 unspecified atom stereocenters. The van der Waals surface area contributed by atoms with Gasteiger partial charge in [-0.1, -0.05) is 0 Å². The fourth-order valence-electron chi connectivity index (χ4n) is 1.76. The van der Waals surface area contributed by atoms with Gasteiger partial charge in [-0.05, 0) is 30.5 Å². The summed E-state index contributed by atoms with van der Waals surface area (Å²) in [5, 5.41) is 11.4. The number of benzene rings is 1. The third-order valence-electron chi connectivity index (χ3n) is 2.94. The molecule has 0 saturated heterocycles. The molecule has 7 heteroatoms. The van der Waals surface area contributed by atoms with Crippen LogP contribution in [0.1, 0.15) is 10.4 Å². The van der Waals surface area contributed by atoms with E-state index >= 15 is 0 Å². The van der Waals surface area contributed by atoms with Crippen LogP contribution >= 0.6 is 11.8 Å². The van der Waals surface area contributed by atoms with Crippen LogP contribution in [-0.4, -0.2) is 29.1 Å². The number of carbonyl (C=O) groups is 1. The highest BCUT2D eigenvalue weighted by molar-refractivity contribution is 7.98. The van der Waals surface area contributed by atoms with E-state index in [1.807, 2.05) is 6.26 Å². The van der Waals surface area contributed by atoms with Crippen LogP contribution in [0, 0.1) is 10.1 Å². The number of carbonyl (C=O) groups excluding carboxylic acids is 1. The summed E-state index contributed by atoms with van der Waals surface area (Å²) in [5.41, 5.74) is 1.11. The number of pyridine rings is 1. The molecular formula is C14H13N3O3S. The summed E-state index contributed by atoms with van der Waals surface area (Å²) in [6.07, 6.45) is 3.47. The molecule has 0 aliphatic carbocycles. The van der Waals surface area contributed by atoms with Gasteiger partial charge in [0.05, 0.1) is 9.95 Å². The first-order valence-corrected chi connectivity index (χ1v) is 7.28. The molecule has 1 aromatic carbocycles. The van der Waals surface area contributed by atoms with Crippen LogP contribution in [0.4, 0.5) is 11.4 Å². The predicted molar refractivity (Wildman–Crippen MR) is 81.8 cm³/mol. The topological polar surface area (TPSA) is 76.3 Å². The number of rotatable bonds is 4. The lowest BCUT2D eigenvalue weighted by Gasteiger charge is -2.17. The standard InChI is InChI=1S/C14H13N3O3S/c1-16(11-3-5-12(6-4-11)17(19)20)14(18)10-7-8-15-13(9-10)21-2/h3-9H,1-2H3. The summed E-state index contributed by atoms with van der Waals surface area (Å²) in [4.78, 5) is 28.1. The van der Waals surface area contributed by atoms with E-state index in [1.165, 1.54) is 28.8 Å². The van der Waals surface area contributed by atoms with Crippen LogP contribution in [0.5, 0.6) is 0 Å². The fourth-order valence-corrected chi connectivity index (χ4v) is 2.17. The normalized spacial score (nSPS) is 10.2. The number of hydrogen-bond donors (Lipinski definition) is 0. The molecule has 0 aliphatic heterocycles. The maximum atomic E-state index is 12.4. The second-order valence-electron chi connectivity index (χ2n) is 4.22. The van der Waals surface area contributed by atoms with E-state index in [0.29, 0.717) is 11.3 Å². The van der Waals surface area contributed by atoms with Crippen molar-refractivity contribution in [2.45, 2.75) is 5.03 Å². The average Bonchev–Trinajstić information content (AvgIpc) is 2.53. The van der Waals surface area contributed by atoms with E-state index in [2.05, 4.69) is 4.98 Å². The molecule has 0 saturated carbocycles. The number of thioether (sulfide) groups is 1. The second-order valence-corrected chi connectivity index (χ2v) is 5.05. The molecular weight excluding hydrogens is 290 g/mol. The first-order valence-electron chi connectivity index (χ1n) is 6.05. The summed E-state index contributed by atoms with van der Waals surface area (Å²) >= 11 is 1.46. The molecule has 0 atom stereocenters. The van der Waals surface area contributed by atoms with Crippen molar-refractivity contribution >= 4 is 29.0 Å². The first-order chi connectivity index (χ1) is 10.0. The molecule has 0 radical (unpaired) electrons. The molecule has 0 bridgehead atoms. The minimum Gasteiger partial charge on any atom is -0.311 e. The van der Waals surface area contributed by atoms with Crippen molar-refractivity contribution in [1.82, 2.24) is 4.98 Å². The van der Waals surface area contributed by atoms with Crippen molar-refractivity contribution in [3.63, 3.8) is 0 Å². The zero-order valence-electron chi connectivity index (χ0n) is 11.5. The van der Waals surface area contributed by atoms with E-state index in [4.69, 9.17) is 0 Å². The highest BCUT2D eigenvalue weighted by Gasteiger charge is 2.15. The summed E-state index contributed by atoms with van der Waals surface area (Å²) in [6.45, 7) is 0. The Morgan fingerprint density at radius 2 is 1.95 bits per heavy atom. The minimum absolute atomic E-state index is 0.00632. The number of non-ortho nitro benzene ring substituents is 1. The largest absolute Gasteiger partial charge is 0.311 e. The van der Waals surface area contributed by atoms with Crippen molar-refractivity contribution in [3.05, 3.63) is 58.3 Å². The lowest BCUT2D eigenvalue weighted by Crippen LogP contribution is -2.26. The molecule has 0 fully saturated rings. The fraction of sp³-hybridized carbons (Fsp3) is 0.143. The van der Waals surface area contributed by atoms with Gasteiger partial charge in [-0.25, -0.2) is 4.98 Å². The van der Waals surface area contributed by atoms with Crippen LogP contribution in [0.25, 0.3) is 0 Å². The minimum atomic E-state index is -0.473. The molecule has 6 nitrogen and oxygen atoms in total. The van der Waals surface area contributed by atoms with Crippen molar-refractivity contribution in [3.8, 4) is 0 Å². The lowest BCUT2D eigenvalue weighted by atomic mass is 10.2. The van der Waals surface area contributed by atoms with Gasteiger partial charge < -0.3 is 4.90 Å². The van der Waals surface area contributed by atoms with Gasteiger partial charge in [-0.2, -0.15) is 0 Å². The maximum Gasteiger partial charge on any atom is 0.269 e. The Morgan fingerprint density at radius 1 is 1.29 bits per heavy atom. The Kier molecular flexibility index (Phi) is 4.54. The summed E-state index contributed by atoms with van der Waals surface area (Å²) < 4.78 is 0. The van der Waals surface area contributed by atoms with Crippen LogP contribution in [-0.2, 0) is 0 Å². The number of nitrogens with zero attached hydrogens (tertiary/aromatic N) is 3. The Labute approximate surface area is 126 Å². The van der Waals surface area contributed by atoms with Crippen molar-refractivity contribution in [2.24, 2.45) is 0 Å². The van der Waals surface area contributed by atoms with Crippen LogP contribution in [0.3, 0.4) is 0 Å². The van der Waals surface area contributed by atoms with E-state index in [9.17, 15) is 14.9 Å². The number of hydrogen-bond acceptors (Lipinski definition) is 5. The highest BCUT2D eigenvalue weighted by Crippen LogP contribution is 2.21. The van der Waals surface area contributed by atoms with E-state index < -0.39 is 4.92 Å². The molecule has 2 rings (SSSR count). The molecule has 0 N–H and O–H groups in total. The maximum absolute atomic E-state index is 12.4. The molecule has 2 aromatic rings. The van der Waals surface area contributed by atoms with Gasteiger partial charge in [0.25, 0.3) is 11.6 Å². The second kappa shape index (κ2) is 6.36. The zero-order valence-corrected chi connectivity index (χ0v) is 12.3. The van der Waals surface area contributed by atoms with Crippen LogP contribution < -0.4 is 4.90 Å². The highest BCUT2D eigenvalue weighted by atomic mass is 32.2. The van der Waals surface area contributed by atoms with Crippen LogP contribution in [0.15, 0.2) is 47.6 Å². The summed E-state index contributed by atoms with van der Waals surface area (Å²) in [7, 11) is 1.63. The number of nitro groups is 1.